The first-order chi connectivity index (χ1) is 18.0. The molecule has 0 saturated carbocycles. The van der Waals surface area contributed by atoms with Gasteiger partial charge in [0.15, 0.2) is 0 Å². The Morgan fingerprint density at radius 1 is 0.895 bits per heavy atom. The topological polar surface area (TPSA) is 133 Å². The van der Waals surface area contributed by atoms with Crippen LogP contribution in [-0.2, 0) is 26.7 Å². The Labute approximate surface area is 235 Å². The maximum atomic E-state index is 13.3. The summed E-state index contributed by atoms with van der Waals surface area (Å²) in [6, 6.07) is 15.0. The molecule has 0 N–H and O–H groups in total. The van der Waals surface area contributed by atoms with Crippen LogP contribution in [0.15, 0.2) is 66.0 Å². The maximum absolute atomic E-state index is 13.3. The second-order valence-corrected chi connectivity index (χ2v) is 13.0. The Morgan fingerprint density at radius 3 is 2.08 bits per heavy atom. The maximum Gasteiger partial charge on any atom is 0.327 e. The van der Waals surface area contributed by atoms with Gasteiger partial charge in [-0.15, -0.1) is 23.2 Å². The Bertz CT molecular complexity index is 1410. The predicted molar refractivity (Wildman–Crippen MR) is 149 cm³/mol. The van der Waals surface area contributed by atoms with Crippen LogP contribution in [0.4, 0.5) is 10.7 Å². The summed E-state index contributed by atoms with van der Waals surface area (Å²) in [5.74, 6) is -0.329. The number of nitrogens with zero attached hydrogens (tertiary/aromatic N) is 2. The molecule has 38 heavy (non-hydrogen) atoms. The standard InChI is InChI=1S/C23H24Cl2N2O8S3/c24-11-13-26(14-12-25)19-6-8-21(9-7-19)35-38(32,33)22(16-18-10-15-36-23(18)27(28)29)17-37(30,31)34-20-4-2-1-3-5-20/h1-10,15,22H,11-14,16-17H2. The van der Waals surface area contributed by atoms with Gasteiger partial charge >= 0.3 is 25.2 Å². The molecule has 0 radical (unpaired) electrons. The predicted octanol–water partition coefficient (Wildman–Crippen LogP) is 4.67. The lowest BCUT2D eigenvalue weighted by atomic mass is 10.2. The first kappa shape index (κ1) is 30.0. The zero-order valence-electron chi connectivity index (χ0n) is 19.8. The van der Waals surface area contributed by atoms with Crippen LogP contribution in [-0.4, -0.2) is 57.6 Å². The number of hydrogen-bond donors (Lipinski definition) is 0. The van der Waals surface area contributed by atoms with E-state index in [0.29, 0.717) is 24.8 Å². The highest BCUT2D eigenvalue weighted by molar-refractivity contribution is 7.91. The molecule has 206 valence electrons. The minimum Gasteiger partial charge on any atom is -0.382 e. The van der Waals surface area contributed by atoms with Crippen LogP contribution < -0.4 is 13.3 Å². The summed E-state index contributed by atoms with van der Waals surface area (Å²) < 4.78 is 62.5. The lowest BCUT2D eigenvalue weighted by molar-refractivity contribution is -0.380. The van der Waals surface area contributed by atoms with Gasteiger partial charge in [-0.2, -0.15) is 16.8 Å². The number of thiophene rings is 1. The number of halogens is 2. The number of benzene rings is 2. The van der Waals surface area contributed by atoms with Crippen molar-refractivity contribution in [2.45, 2.75) is 11.7 Å². The Hall–Kier alpha value is -2.58. The zero-order chi connectivity index (χ0) is 27.8. The lowest BCUT2D eigenvalue weighted by Gasteiger charge is -2.23. The van der Waals surface area contributed by atoms with Gasteiger partial charge in [-0.25, -0.2) is 0 Å². The molecule has 15 heteroatoms. The van der Waals surface area contributed by atoms with Gasteiger partial charge in [0.05, 0.1) is 4.92 Å². The molecular weight excluding hydrogens is 599 g/mol. The zero-order valence-corrected chi connectivity index (χ0v) is 23.8. The SMILES string of the molecule is O=[N+]([O-])c1sccc1CC(CS(=O)(=O)Oc1ccccc1)S(=O)(=O)Oc1ccc(N(CCCl)CCCl)cc1. The molecule has 1 heterocycles. The highest BCUT2D eigenvalue weighted by Crippen LogP contribution is 2.30. The molecule has 1 atom stereocenters. The van der Waals surface area contributed by atoms with Gasteiger partial charge in [-0.1, -0.05) is 29.5 Å². The molecule has 0 fully saturated rings. The smallest absolute Gasteiger partial charge is 0.327 e. The summed E-state index contributed by atoms with van der Waals surface area (Å²) in [4.78, 5) is 12.6. The minimum absolute atomic E-state index is 0.000107. The third kappa shape index (κ3) is 8.46. The largest absolute Gasteiger partial charge is 0.382 e. The summed E-state index contributed by atoms with van der Waals surface area (Å²) in [5.41, 5.74) is 0.806. The van der Waals surface area contributed by atoms with Crippen LogP contribution in [0.2, 0.25) is 0 Å². The summed E-state index contributed by atoms with van der Waals surface area (Å²) in [5, 5.41) is 10.8. The summed E-state index contributed by atoms with van der Waals surface area (Å²) in [6.07, 6.45) is -0.475. The van der Waals surface area contributed by atoms with Crippen LogP contribution in [0.25, 0.3) is 0 Å². The summed E-state index contributed by atoms with van der Waals surface area (Å²) in [6.45, 7) is 1.04. The number of para-hydroxylation sites is 1. The number of hydrogen-bond acceptors (Lipinski definition) is 10. The van der Waals surface area contributed by atoms with Gasteiger partial charge in [0.1, 0.15) is 22.5 Å². The van der Waals surface area contributed by atoms with E-state index in [0.717, 1.165) is 17.0 Å². The van der Waals surface area contributed by atoms with Crippen molar-refractivity contribution in [3.63, 3.8) is 0 Å². The van der Waals surface area contributed by atoms with Crippen molar-refractivity contribution in [1.82, 2.24) is 0 Å². The van der Waals surface area contributed by atoms with Crippen molar-refractivity contribution in [1.29, 1.82) is 0 Å². The van der Waals surface area contributed by atoms with E-state index in [1.807, 2.05) is 4.90 Å². The van der Waals surface area contributed by atoms with Crippen molar-refractivity contribution in [2.75, 3.05) is 35.5 Å². The van der Waals surface area contributed by atoms with Crippen molar-refractivity contribution >= 4 is 65.5 Å². The fourth-order valence-electron chi connectivity index (χ4n) is 3.51. The molecule has 3 rings (SSSR count). The Kier molecular flexibility index (Phi) is 10.6. The van der Waals surface area contributed by atoms with Crippen molar-refractivity contribution in [3.8, 4) is 11.5 Å². The fraction of sp³-hybridized carbons (Fsp3) is 0.304. The molecule has 0 saturated heterocycles. The monoisotopic (exact) mass is 622 g/mol. The molecular formula is C23H24Cl2N2O8S3. The normalized spacial score (nSPS) is 12.6. The number of nitro groups is 1. The molecule has 0 spiro atoms. The third-order valence-corrected chi connectivity index (χ3v) is 9.51. The van der Waals surface area contributed by atoms with Gasteiger partial charge in [-0.05, 0) is 47.8 Å². The summed E-state index contributed by atoms with van der Waals surface area (Å²) >= 11 is 12.5. The average Bonchev–Trinajstić information content (AvgIpc) is 3.33. The molecule has 0 aliphatic carbocycles. The van der Waals surface area contributed by atoms with E-state index in [1.165, 1.54) is 35.7 Å². The van der Waals surface area contributed by atoms with Crippen LogP contribution in [0, 0.1) is 10.1 Å². The van der Waals surface area contributed by atoms with E-state index in [2.05, 4.69) is 0 Å². The molecule has 0 bridgehead atoms. The van der Waals surface area contributed by atoms with E-state index >= 15 is 0 Å². The second kappa shape index (κ2) is 13.5. The van der Waals surface area contributed by atoms with Gasteiger partial charge < -0.3 is 13.3 Å². The van der Waals surface area contributed by atoms with E-state index in [1.54, 1.807) is 30.3 Å². The quantitative estimate of drug-likeness (QED) is 0.103. The first-order valence-corrected chi connectivity index (χ1v) is 16.1. The molecule has 1 aromatic heterocycles. The van der Waals surface area contributed by atoms with E-state index < -0.39 is 42.6 Å². The van der Waals surface area contributed by atoms with Gasteiger partial charge in [0.25, 0.3) is 0 Å². The molecule has 0 aliphatic heterocycles. The molecule has 1 unspecified atom stereocenters. The highest BCUT2D eigenvalue weighted by Gasteiger charge is 2.36. The number of rotatable bonds is 15. The van der Waals surface area contributed by atoms with Crippen LogP contribution in [0.5, 0.6) is 11.5 Å². The van der Waals surface area contributed by atoms with Crippen LogP contribution >= 0.6 is 34.5 Å². The van der Waals surface area contributed by atoms with Gasteiger partial charge in [0, 0.05) is 42.5 Å². The van der Waals surface area contributed by atoms with Gasteiger partial charge in [0.2, 0.25) is 0 Å². The summed E-state index contributed by atoms with van der Waals surface area (Å²) in [7, 11) is -9.04. The molecule has 0 amide bonds. The molecule has 3 aromatic rings. The van der Waals surface area contributed by atoms with Crippen LogP contribution in [0.1, 0.15) is 5.56 Å². The van der Waals surface area contributed by atoms with E-state index in [-0.39, 0.29) is 22.1 Å². The lowest BCUT2D eigenvalue weighted by Crippen LogP contribution is -2.36. The first-order valence-electron chi connectivity index (χ1n) is 11.1. The van der Waals surface area contributed by atoms with E-state index in [9.17, 15) is 26.9 Å². The Balaban J connectivity index is 1.87. The fourth-order valence-corrected chi connectivity index (χ4v) is 7.78. The molecule has 0 aliphatic rings. The van der Waals surface area contributed by atoms with Gasteiger partial charge in [-0.3, -0.25) is 10.1 Å². The highest BCUT2D eigenvalue weighted by atomic mass is 35.5. The molecule has 2 aromatic carbocycles. The Morgan fingerprint density at radius 2 is 1.50 bits per heavy atom. The van der Waals surface area contributed by atoms with E-state index in [4.69, 9.17) is 31.6 Å². The third-order valence-electron chi connectivity index (χ3n) is 5.22. The van der Waals surface area contributed by atoms with Crippen molar-refractivity contribution in [3.05, 3.63) is 81.7 Å². The second-order valence-electron chi connectivity index (χ2n) is 7.89. The number of anilines is 1. The number of alkyl halides is 2. The van der Waals surface area contributed by atoms with Crippen molar-refractivity contribution in [2.24, 2.45) is 0 Å². The van der Waals surface area contributed by atoms with Crippen LogP contribution in [0.3, 0.4) is 0 Å². The molecule has 10 nitrogen and oxygen atoms in total. The van der Waals surface area contributed by atoms with Crippen molar-refractivity contribution < 1.29 is 30.1 Å². The average molecular weight is 624 g/mol. The minimum atomic E-state index is -4.61.